The van der Waals surface area contributed by atoms with Gasteiger partial charge >= 0.3 is 5.97 Å². The second kappa shape index (κ2) is 6.63. The van der Waals surface area contributed by atoms with Crippen LogP contribution in [0.15, 0.2) is 28.7 Å². The summed E-state index contributed by atoms with van der Waals surface area (Å²) < 4.78 is 1.00. The minimum Gasteiger partial charge on any atom is -0.480 e. The normalized spacial score (nSPS) is 19.9. The molecule has 6 heteroatoms. The molecule has 1 heterocycles. The fraction of sp³-hybridized carbons (Fsp3) is 0.429. The predicted octanol–water partition coefficient (Wildman–Crippen LogP) is 2.93. The van der Waals surface area contributed by atoms with E-state index >= 15 is 0 Å². The molecule has 1 aromatic carbocycles. The van der Waals surface area contributed by atoms with Crippen molar-refractivity contribution < 1.29 is 14.7 Å². The molecule has 1 aromatic rings. The highest BCUT2D eigenvalue weighted by molar-refractivity contribution is 9.10. The van der Waals surface area contributed by atoms with Crippen molar-refractivity contribution in [3.05, 3.63) is 34.3 Å². The molecule has 2 unspecified atom stereocenters. The zero-order valence-electron chi connectivity index (χ0n) is 11.1. The Bertz CT molecular complexity index is 506. The number of rotatable bonds is 4. The van der Waals surface area contributed by atoms with Gasteiger partial charge in [-0.1, -0.05) is 35.0 Å². The van der Waals surface area contributed by atoms with Gasteiger partial charge in [0.05, 0.1) is 5.88 Å². The Hall–Kier alpha value is -1.01. The van der Waals surface area contributed by atoms with Gasteiger partial charge in [-0.3, -0.25) is 4.79 Å². The number of aliphatic carboxylic acids is 1. The number of carbonyl (C=O) groups excluding carboxylic acids is 1. The average Bonchev–Trinajstić information content (AvgIpc) is 2.88. The Labute approximate surface area is 130 Å². The van der Waals surface area contributed by atoms with Crippen molar-refractivity contribution in [2.24, 2.45) is 0 Å². The van der Waals surface area contributed by atoms with Crippen LogP contribution in [0.5, 0.6) is 0 Å². The number of amides is 1. The first kappa shape index (κ1) is 15.4. The smallest absolute Gasteiger partial charge is 0.327 e. The average molecular weight is 358 g/mol. The summed E-state index contributed by atoms with van der Waals surface area (Å²) in [6, 6.07) is 7.18. The first-order valence-corrected chi connectivity index (χ1v) is 8.29. The van der Waals surface area contributed by atoms with Gasteiger partial charge in [0.15, 0.2) is 0 Å². The molecule has 1 aliphatic heterocycles. The van der Waals surface area contributed by atoms with Gasteiger partial charge in [0.2, 0.25) is 5.91 Å². The van der Waals surface area contributed by atoms with Crippen LogP contribution in [0.25, 0.3) is 0 Å². The fourth-order valence-electron chi connectivity index (χ4n) is 2.18. The van der Waals surface area contributed by atoms with Gasteiger partial charge < -0.3 is 10.0 Å². The van der Waals surface area contributed by atoms with E-state index in [-0.39, 0.29) is 11.8 Å². The third-order valence-electron chi connectivity index (χ3n) is 3.41. The lowest BCUT2D eigenvalue weighted by Gasteiger charge is -2.22. The highest BCUT2D eigenvalue weighted by Gasteiger charge is 2.34. The molecule has 0 bridgehead atoms. The largest absolute Gasteiger partial charge is 0.480 e. The van der Waals surface area contributed by atoms with Crippen molar-refractivity contribution in [1.29, 1.82) is 0 Å². The van der Waals surface area contributed by atoms with Crippen LogP contribution in [0.3, 0.4) is 0 Å². The molecule has 2 rings (SSSR count). The molecular formula is C14H16BrNO3S. The van der Waals surface area contributed by atoms with Gasteiger partial charge in [-0.15, -0.1) is 11.8 Å². The van der Waals surface area contributed by atoms with Crippen molar-refractivity contribution in [1.82, 2.24) is 4.90 Å². The molecule has 0 radical (unpaired) electrons. The molecule has 20 heavy (non-hydrogen) atoms. The van der Waals surface area contributed by atoms with Crippen LogP contribution in [0, 0.1) is 0 Å². The molecule has 1 fully saturated rings. The number of nitrogens with zero attached hydrogens (tertiary/aromatic N) is 1. The van der Waals surface area contributed by atoms with Crippen molar-refractivity contribution >= 4 is 39.6 Å². The van der Waals surface area contributed by atoms with Crippen molar-refractivity contribution in [3.8, 4) is 0 Å². The molecule has 4 nitrogen and oxygen atoms in total. The highest BCUT2D eigenvalue weighted by Crippen LogP contribution is 2.26. The maximum Gasteiger partial charge on any atom is 0.327 e. The minimum atomic E-state index is -0.917. The van der Waals surface area contributed by atoms with E-state index in [1.807, 2.05) is 31.2 Å². The van der Waals surface area contributed by atoms with Crippen molar-refractivity contribution in [2.45, 2.75) is 25.3 Å². The molecular weight excluding hydrogens is 342 g/mol. The number of halogens is 1. The second-order valence-corrected chi connectivity index (χ2v) is 6.79. The Kier molecular flexibility index (Phi) is 5.10. The Morgan fingerprint density at radius 3 is 2.70 bits per heavy atom. The summed E-state index contributed by atoms with van der Waals surface area (Å²) in [7, 11) is 0. The number of thioether (sulfide) groups is 1. The SMILES string of the molecule is CC(CC(=O)N1CSCC1C(=O)O)c1ccc(Br)cc1. The van der Waals surface area contributed by atoms with E-state index in [1.165, 1.54) is 16.7 Å². The van der Waals surface area contributed by atoms with Crippen LogP contribution in [-0.4, -0.2) is 39.6 Å². The van der Waals surface area contributed by atoms with Crippen molar-refractivity contribution in [3.63, 3.8) is 0 Å². The Morgan fingerprint density at radius 2 is 2.10 bits per heavy atom. The Balaban J connectivity index is 2.00. The standard InChI is InChI=1S/C14H16BrNO3S/c1-9(10-2-4-11(15)5-3-10)6-13(17)16-8-20-7-12(16)14(18)19/h2-5,9,12H,6-8H2,1H3,(H,18,19). The van der Waals surface area contributed by atoms with Crippen molar-refractivity contribution in [2.75, 3.05) is 11.6 Å². The molecule has 1 saturated heterocycles. The molecule has 0 aromatic heterocycles. The van der Waals surface area contributed by atoms with Gasteiger partial charge in [0.1, 0.15) is 6.04 Å². The summed E-state index contributed by atoms with van der Waals surface area (Å²) >= 11 is 4.87. The quantitative estimate of drug-likeness (QED) is 0.899. The lowest BCUT2D eigenvalue weighted by Crippen LogP contribution is -2.42. The minimum absolute atomic E-state index is 0.0793. The van der Waals surface area contributed by atoms with Crippen LogP contribution >= 0.6 is 27.7 Å². The number of carbonyl (C=O) groups is 2. The lowest BCUT2D eigenvalue weighted by atomic mass is 9.97. The number of benzene rings is 1. The topological polar surface area (TPSA) is 57.6 Å². The van der Waals surface area contributed by atoms with E-state index in [4.69, 9.17) is 5.11 Å². The van der Waals surface area contributed by atoms with Crippen LogP contribution in [0.4, 0.5) is 0 Å². The molecule has 0 aliphatic carbocycles. The third-order valence-corrected chi connectivity index (χ3v) is 4.95. The molecule has 2 atom stereocenters. The zero-order chi connectivity index (χ0) is 14.7. The van der Waals surface area contributed by atoms with Crippen LogP contribution in [0.1, 0.15) is 24.8 Å². The third kappa shape index (κ3) is 3.55. The zero-order valence-corrected chi connectivity index (χ0v) is 13.5. The number of carboxylic acid groups (broad SMARTS) is 1. The predicted molar refractivity (Wildman–Crippen MR) is 82.8 cm³/mol. The number of hydrogen-bond donors (Lipinski definition) is 1. The van der Waals surface area contributed by atoms with Gasteiger partial charge in [-0.25, -0.2) is 4.79 Å². The molecule has 1 N–H and O–H groups in total. The summed E-state index contributed by atoms with van der Waals surface area (Å²) in [4.78, 5) is 24.8. The molecule has 0 saturated carbocycles. The summed E-state index contributed by atoms with van der Waals surface area (Å²) in [6.07, 6.45) is 0.339. The van der Waals surface area contributed by atoms with Gasteiger partial charge in [-0.2, -0.15) is 0 Å². The maximum absolute atomic E-state index is 12.3. The van der Waals surface area contributed by atoms with Crippen LogP contribution < -0.4 is 0 Å². The highest BCUT2D eigenvalue weighted by atomic mass is 79.9. The van der Waals surface area contributed by atoms with Gasteiger partial charge in [0, 0.05) is 16.6 Å². The molecule has 0 spiro atoms. The summed E-state index contributed by atoms with van der Waals surface area (Å²) in [5.74, 6) is 0.0319. The van der Waals surface area contributed by atoms with E-state index in [2.05, 4.69) is 15.9 Å². The summed E-state index contributed by atoms with van der Waals surface area (Å²) in [5.41, 5.74) is 1.08. The molecule has 108 valence electrons. The first-order chi connectivity index (χ1) is 9.49. The van der Waals surface area contributed by atoms with E-state index in [1.54, 1.807) is 0 Å². The molecule has 1 aliphatic rings. The number of hydrogen-bond acceptors (Lipinski definition) is 3. The second-order valence-electron chi connectivity index (χ2n) is 4.87. The Morgan fingerprint density at radius 1 is 1.45 bits per heavy atom. The van der Waals surface area contributed by atoms with E-state index < -0.39 is 12.0 Å². The van der Waals surface area contributed by atoms with E-state index in [0.717, 1.165) is 10.0 Å². The summed E-state index contributed by atoms with van der Waals surface area (Å²) in [5, 5.41) is 9.10. The van der Waals surface area contributed by atoms with Crippen LogP contribution in [0.2, 0.25) is 0 Å². The first-order valence-electron chi connectivity index (χ1n) is 6.34. The lowest BCUT2D eigenvalue weighted by molar-refractivity contribution is -0.147. The monoisotopic (exact) mass is 357 g/mol. The van der Waals surface area contributed by atoms with Crippen LogP contribution in [-0.2, 0) is 9.59 Å². The fourth-order valence-corrected chi connectivity index (χ4v) is 3.62. The molecule has 1 amide bonds. The van der Waals surface area contributed by atoms with E-state index in [0.29, 0.717) is 18.1 Å². The van der Waals surface area contributed by atoms with Gasteiger partial charge in [0.25, 0.3) is 0 Å². The van der Waals surface area contributed by atoms with Gasteiger partial charge in [-0.05, 0) is 23.6 Å². The number of carboxylic acids is 1. The summed E-state index contributed by atoms with van der Waals surface area (Å²) in [6.45, 7) is 1.99. The van der Waals surface area contributed by atoms with E-state index in [9.17, 15) is 9.59 Å². The maximum atomic E-state index is 12.3.